The molecule has 9 heteroatoms. The number of hydrogen-bond donors (Lipinski definition) is 3. The highest BCUT2D eigenvalue weighted by Gasteiger charge is 2.01. The van der Waals surface area contributed by atoms with E-state index in [1.807, 2.05) is 13.6 Å². The minimum atomic E-state index is -1.31. The third-order valence-corrected chi connectivity index (χ3v) is 0.703. The Hall–Kier alpha value is -2.58. The summed E-state index contributed by atoms with van der Waals surface area (Å²) in [5, 5.41) is 23.3. The summed E-state index contributed by atoms with van der Waals surface area (Å²) < 4.78 is 0. The Morgan fingerprint density at radius 3 is 0.944 bits per heavy atom. The van der Waals surface area contributed by atoms with Crippen LogP contribution in [0.2, 0.25) is 0 Å². The maximum atomic E-state index is 9.87. The topological polar surface area (TPSA) is 163 Å². The van der Waals surface area contributed by atoms with Crippen molar-refractivity contribution >= 4 is 37.3 Å². The van der Waals surface area contributed by atoms with E-state index in [-0.39, 0.29) is 12.2 Å². The zero-order valence-electron chi connectivity index (χ0n) is 9.62. The molecule has 0 saturated carbocycles. The molecule has 0 atom stereocenters. The molecule has 0 spiro atoms. The lowest BCUT2D eigenvalue weighted by Crippen LogP contribution is -2.03. The highest BCUT2D eigenvalue weighted by molar-refractivity contribution is 5.93. The molecule has 3 N–H and O–H groups in total. The van der Waals surface area contributed by atoms with Gasteiger partial charge in [-0.2, -0.15) is 0 Å². The summed E-state index contributed by atoms with van der Waals surface area (Å²) >= 11 is 0. The monoisotopic (exact) mass is 266 g/mol. The summed E-state index contributed by atoms with van der Waals surface area (Å²) in [4.78, 5) is 54.3. The van der Waals surface area contributed by atoms with Crippen molar-refractivity contribution in [1.29, 1.82) is 0 Å². The van der Waals surface area contributed by atoms with Gasteiger partial charge in [-0.15, -0.1) is 0 Å². The zero-order chi connectivity index (χ0) is 15.7. The van der Waals surface area contributed by atoms with Gasteiger partial charge in [0.25, 0.3) is 0 Å². The van der Waals surface area contributed by atoms with Crippen LogP contribution >= 0.6 is 0 Å². The van der Waals surface area contributed by atoms with E-state index in [0.717, 1.165) is 0 Å². The van der Waals surface area contributed by atoms with Crippen molar-refractivity contribution in [2.24, 2.45) is 0 Å². The van der Waals surface area contributed by atoms with Gasteiger partial charge >= 0.3 is 17.9 Å². The highest BCUT2D eigenvalue weighted by Crippen LogP contribution is 1.77. The first kappa shape index (κ1) is 24.6. The normalized spacial score (nSPS) is 6.72. The fourth-order valence-corrected chi connectivity index (χ4v) is 0.342. The second-order valence-corrected chi connectivity index (χ2v) is 2.24. The summed E-state index contributed by atoms with van der Waals surface area (Å²) in [6.07, 6.45) is -1.17. The van der Waals surface area contributed by atoms with E-state index in [1.165, 1.54) is 6.92 Å². The van der Waals surface area contributed by atoms with Crippen LogP contribution < -0.4 is 0 Å². The van der Waals surface area contributed by atoms with Crippen LogP contribution in [0.4, 0.5) is 0 Å². The predicted molar refractivity (Wildman–Crippen MR) is 57.1 cm³/mol. The van der Waals surface area contributed by atoms with E-state index in [2.05, 4.69) is 0 Å². The Kier molecular flexibility index (Phi) is 27.2. The number of rotatable bonds is 4. The molecular weight excluding hydrogens is 252 g/mol. The fraction of sp³-hybridized carbons (Fsp3) is 0.333. The first-order chi connectivity index (χ1) is 8.25. The second kappa shape index (κ2) is 19.9. The molecule has 0 aliphatic heterocycles. The zero-order valence-corrected chi connectivity index (χ0v) is 9.62. The summed E-state index contributed by atoms with van der Waals surface area (Å²) in [5.41, 5.74) is 0. The number of carbonyl (C=O) groups excluding carboxylic acids is 3. The number of hydrogen-bond acceptors (Lipinski definition) is 6. The molecule has 0 radical (unpaired) electrons. The van der Waals surface area contributed by atoms with Gasteiger partial charge in [0.1, 0.15) is 32.2 Å². The number of aliphatic carboxylic acids is 3. The SMILES string of the molecule is C=O.C=O.CC(=O)CC(=O)O.O=C(O)CC(=O)O. The summed E-state index contributed by atoms with van der Waals surface area (Å²) in [7, 11) is 0. The van der Waals surface area contributed by atoms with Crippen molar-refractivity contribution in [2.75, 3.05) is 0 Å². The smallest absolute Gasteiger partial charge is 0.314 e. The Labute approximate surface area is 102 Å². The van der Waals surface area contributed by atoms with Gasteiger partial charge in [-0.05, 0) is 6.92 Å². The molecule has 0 heterocycles. The van der Waals surface area contributed by atoms with Gasteiger partial charge in [-0.3, -0.25) is 19.2 Å². The van der Waals surface area contributed by atoms with Crippen molar-refractivity contribution in [3.8, 4) is 0 Å². The molecule has 0 aliphatic carbocycles. The lowest BCUT2D eigenvalue weighted by atomic mass is 10.3. The number of Topliss-reactive ketones (excluding diaryl/α,β-unsaturated/α-hetero) is 1. The number of carbonyl (C=O) groups is 6. The van der Waals surface area contributed by atoms with Gasteiger partial charge < -0.3 is 24.9 Å². The predicted octanol–water partition coefficient (Wildman–Crippen LogP) is -0.774. The van der Waals surface area contributed by atoms with Crippen molar-refractivity contribution in [3.05, 3.63) is 0 Å². The first-order valence-electron chi connectivity index (χ1n) is 3.98. The standard InChI is InChI=1S/C4H6O3.C3H4O4.2CH2O/c1-3(5)2-4(6)7;4-2(5)1-3(6)7;2*1-2/h2H2,1H3,(H,6,7);1H2,(H,4,5)(H,6,7);2*1H2. The minimum Gasteiger partial charge on any atom is -0.481 e. The lowest BCUT2D eigenvalue weighted by Gasteiger charge is -1.80. The second-order valence-electron chi connectivity index (χ2n) is 2.24. The van der Waals surface area contributed by atoms with Gasteiger partial charge in [-0.1, -0.05) is 0 Å². The van der Waals surface area contributed by atoms with Crippen molar-refractivity contribution in [2.45, 2.75) is 19.8 Å². The van der Waals surface area contributed by atoms with Crippen molar-refractivity contribution < 1.29 is 44.1 Å². The van der Waals surface area contributed by atoms with Gasteiger partial charge in [0.05, 0.1) is 0 Å². The van der Waals surface area contributed by atoms with Crippen molar-refractivity contribution in [1.82, 2.24) is 0 Å². The maximum absolute atomic E-state index is 9.87. The van der Waals surface area contributed by atoms with Crippen molar-refractivity contribution in [3.63, 3.8) is 0 Å². The molecule has 0 fully saturated rings. The van der Waals surface area contributed by atoms with Crippen LogP contribution in [0.15, 0.2) is 0 Å². The van der Waals surface area contributed by atoms with Crippen LogP contribution in [0.1, 0.15) is 19.8 Å². The van der Waals surface area contributed by atoms with E-state index in [9.17, 15) is 19.2 Å². The van der Waals surface area contributed by atoms with E-state index in [0.29, 0.717) is 0 Å². The summed E-state index contributed by atoms with van der Waals surface area (Å²) in [6.45, 7) is 5.24. The van der Waals surface area contributed by atoms with Gasteiger partial charge in [-0.25, -0.2) is 0 Å². The van der Waals surface area contributed by atoms with Crippen LogP contribution in [-0.4, -0.2) is 52.6 Å². The number of carboxylic acids is 3. The third-order valence-electron chi connectivity index (χ3n) is 0.703. The van der Waals surface area contributed by atoms with E-state index < -0.39 is 24.3 Å². The molecule has 0 aliphatic rings. The third kappa shape index (κ3) is 70.5. The lowest BCUT2D eigenvalue weighted by molar-refractivity contribution is -0.147. The molecule has 0 bridgehead atoms. The molecule has 9 nitrogen and oxygen atoms in total. The molecule has 0 rings (SSSR count). The van der Waals surface area contributed by atoms with E-state index in [1.54, 1.807) is 0 Å². The quantitative estimate of drug-likeness (QED) is 0.554. The van der Waals surface area contributed by atoms with Gasteiger partial charge in [0.2, 0.25) is 0 Å². The van der Waals surface area contributed by atoms with Gasteiger partial charge in [0, 0.05) is 0 Å². The van der Waals surface area contributed by atoms with Gasteiger partial charge in [0.15, 0.2) is 0 Å². The molecule has 0 aromatic rings. The average Bonchev–Trinajstić information content (AvgIpc) is 2.20. The molecule has 18 heavy (non-hydrogen) atoms. The molecule has 0 unspecified atom stereocenters. The fourth-order valence-electron chi connectivity index (χ4n) is 0.342. The maximum Gasteiger partial charge on any atom is 0.314 e. The Bertz CT molecular complexity index is 219. The summed E-state index contributed by atoms with van der Waals surface area (Å²) in [6, 6.07) is 0. The molecule has 0 amide bonds. The Morgan fingerprint density at radius 1 is 0.722 bits per heavy atom. The summed E-state index contributed by atoms with van der Waals surface area (Å²) in [5.74, 6) is -4.00. The van der Waals surface area contributed by atoms with Crippen LogP contribution in [0.3, 0.4) is 0 Å². The average molecular weight is 266 g/mol. The van der Waals surface area contributed by atoms with E-state index in [4.69, 9.17) is 24.9 Å². The molecule has 104 valence electrons. The van der Waals surface area contributed by atoms with Crippen LogP contribution in [0, 0.1) is 0 Å². The van der Waals surface area contributed by atoms with Crippen LogP contribution in [-0.2, 0) is 28.8 Å². The van der Waals surface area contributed by atoms with Crippen LogP contribution in [0.5, 0.6) is 0 Å². The van der Waals surface area contributed by atoms with Crippen LogP contribution in [0.25, 0.3) is 0 Å². The van der Waals surface area contributed by atoms with E-state index >= 15 is 0 Å². The first-order valence-corrected chi connectivity index (χ1v) is 3.98. The molecular formula is C9H14O9. The molecule has 0 aromatic heterocycles. The number of ketones is 1. The Balaban J connectivity index is -0.0000000851. The Morgan fingerprint density at radius 2 is 0.944 bits per heavy atom. The minimum absolute atomic E-state index is 0.312. The largest absolute Gasteiger partial charge is 0.481 e. The highest BCUT2D eigenvalue weighted by atomic mass is 16.4. The molecule has 0 saturated heterocycles. The number of carboxylic acid groups (broad SMARTS) is 3. The molecule has 0 aromatic carbocycles.